The molecule has 5 nitrogen and oxygen atoms in total. The van der Waals surface area contributed by atoms with Gasteiger partial charge in [0.15, 0.2) is 5.78 Å². The van der Waals surface area contributed by atoms with Crippen molar-refractivity contribution in [1.29, 1.82) is 0 Å². The summed E-state index contributed by atoms with van der Waals surface area (Å²) in [5.41, 5.74) is 5.97. The Hall–Kier alpha value is -0.910. The molecule has 1 aromatic rings. The molecule has 1 rings (SSSR count). The summed E-state index contributed by atoms with van der Waals surface area (Å²) < 4.78 is 1.70. The van der Waals surface area contributed by atoms with Gasteiger partial charge < -0.3 is 10.6 Å². The van der Waals surface area contributed by atoms with Gasteiger partial charge in [0.25, 0.3) is 0 Å². The van der Waals surface area contributed by atoms with E-state index in [4.69, 9.17) is 17.3 Å². The van der Waals surface area contributed by atoms with E-state index < -0.39 is 0 Å². The van der Waals surface area contributed by atoms with Crippen LogP contribution in [0, 0.1) is 0 Å². The summed E-state index contributed by atoms with van der Waals surface area (Å²) in [4.78, 5) is 14.2. The van der Waals surface area contributed by atoms with Gasteiger partial charge in [-0.25, -0.2) is 0 Å². The van der Waals surface area contributed by atoms with Crippen LogP contribution >= 0.6 is 11.6 Å². The number of hydrogen-bond acceptors (Lipinski definition) is 4. The molecule has 108 valence electrons. The van der Waals surface area contributed by atoms with Crippen LogP contribution in [0.25, 0.3) is 0 Å². The number of likely N-dealkylation sites (N-methyl/N-ethyl adjacent to an activating group) is 1. The zero-order valence-electron chi connectivity index (χ0n) is 11.7. The van der Waals surface area contributed by atoms with Gasteiger partial charge in [-0.15, -0.1) is 0 Å². The van der Waals surface area contributed by atoms with Crippen LogP contribution < -0.4 is 5.73 Å². The van der Waals surface area contributed by atoms with Crippen molar-refractivity contribution < 1.29 is 4.79 Å². The molecule has 0 saturated carbocycles. The molecule has 0 bridgehead atoms. The summed E-state index contributed by atoms with van der Waals surface area (Å²) in [6.07, 6.45) is 4.84. The Bertz CT molecular complexity index is 403. The Morgan fingerprint density at radius 1 is 1.42 bits per heavy atom. The van der Waals surface area contributed by atoms with Crippen molar-refractivity contribution >= 4 is 17.4 Å². The van der Waals surface area contributed by atoms with Gasteiger partial charge in [-0.1, -0.05) is 18.0 Å². The number of hydrogen-bond donors (Lipinski definition) is 1. The quantitative estimate of drug-likeness (QED) is 0.555. The Morgan fingerprint density at radius 3 is 2.79 bits per heavy atom. The number of halogens is 1. The SMILES string of the molecule is CN(C)CCn1ncc(Cl)c1C(=O)CCCCCN. The molecule has 1 heterocycles. The highest BCUT2D eigenvalue weighted by molar-refractivity contribution is 6.33. The van der Waals surface area contributed by atoms with Crippen molar-refractivity contribution in [2.75, 3.05) is 27.2 Å². The maximum atomic E-state index is 12.2. The number of nitrogens with zero attached hydrogens (tertiary/aromatic N) is 3. The van der Waals surface area contributed by atoms with Crippen LogP contribution in [-0.2, 0) is 6.54 Å². The maximum absolute atomic E-state index is 12.2. The van der Waals surface area contributed by atoms with Gasteiger partial charge in [-0.2, -0.15) is 5.10 Å². The first kappa shape index (κ1) is 16.1. The van der Waals surface area contributed by atoms with Crippen molar-refractivity contribution in [3.63, 3.8) is 0 Å². The highest BCUT2D eigenvalue weighted by Crippen LogP contribution is 2.18. The molecular formula is C13H23ClN4O. The third kappa shape index (κ3) is 5.30. The lowest BCUT2D eigenvalue weighted by Gasteiger charge is -2.11. The molecule has 19 heavy (non-hydrogen) atoms. The number of unbranched alkanes of at least 4 members (excludes halogenated alkanes) is 2. The van der Waals surface area contributed by atoms with Crippen molar-refractivity contribution in [3.05, 3.63) is 16.9 Å². The van der Waals surface area contributed by atoms with E-state index in [0.29, 0.717) is 30.2 Å². The normalized spacial score (nSPS) is 11.2. The van der Waals surface area contributed by atoms with Gasteiger partial charge in [0.1, 0.15) is 5.69 Å². The number of ketones is 1. The first-order valence-electron chi connectivity index (χ1n) is 6.65. The van der Waals surface area contributed by atoms with Crippen molar-refractivity contribution in [2.45, 2.75) is 32.2 Å². The van der Waals surface area contributed by atoms with Gasteiger partial charge in [0.2, 0.25) is 0 Å². The van der Waals surface area contributed by atoms with E-state index in [1.54, 1.807) is 10.9 Å². The van der Waals surface area contributed by atoms with E-state index in [9.17, 15) is 4.79 Å². The first-order valence-corrected chi connectivity index (χ1v) is 7.03. The highest BCUT2D eigenvalue weighted by Gasteiger charge is 2.16. The second-order valence-electron chi connectivity index (χ2n) is 4.89. The molecule has 0 spiro atoms. The molecule has 0 aromatic carbocycles. The Balaban J connectivity index is 2.59. The molecule has 0 aliphatic heterocycles. The molecule has 0 atom stereocenters. The van der Waals surface area contributed by atoms with Crippen LogP contribution in [0.2, 0.25) is 5.02 Å². The monoisotopic (exact) mass is 286 g/mol. The Morgan fingerprint density at radius 2 is 2.16 bits per heavy atom. The summed E-state index contributed by atoms with van der Waals surface area (Å²) in [6.45, 7) is 2.17. The van der Waals surface area contributed by atoms with Crippen LogP contribution in [0.4, 0.5) is 0 Å². The number of Topliss-reactive ketones (excluding diaryl/α,β-unsaturated/α-hetero) is 1. The van der Waals surface area contributed by atoms with Crippen LogP contribution in [0.3, 0.4) is 0 Å². The van der Waals surface area contributed by atoms with E-state index in [1.165, 1.54) is 0 Å². The zero-order chi connectivity index (χ0) is 14.3. The van der Waals surface area contributed by atoms with E-state index in [-0.39, 0.29) is 5.78 Å². The minimum Gasteiger partial charge on any atom is -0.330 e. The fraction of sp³-hybridized carbons (Fsp3) is 0.692. The predicted molar refractivity (Wildman–Crippen MR) is 77.6 cm³/mol. The zero-order valence-corrected chi connectivity index (χ0v) is 12.5. The summed E-state index contributed by atoms with van der Waals surface area (Å²) in [5, 5.41) is 4.62. The van der Waals surface area contributed by atoms with E-state index in [1.807, 2.05) is 19.0 Å². The van der Waals surface area contributed by atoms with Gasteiger partial charge in [-0.3, -0.25) is 9.48 Å². The topological polar surface area (TPSA) is 64.2 Å². The molecule has 0 unspecified atom stereocenters. The number of carbonyl (C=O) groups is 1. The molecule has 1 aromatic heterocycles. The molecule has 0 aliphatic carbocycles. The fourth-order valence-electron chi connectivity index (χ4n) is 1.83. The number of nitrogens with two attached hydrogens (primary N) is 1. The molecule has 0 fully saturated rings. The molecule has 2 N–H and O–H groups in total. The van der Waals surface area contributed by atoms with Crippen molar-refractivity contribution in [1.82, 2.24) is 14.7 Å². The molecule has 0 amide bonds. The third-order valence-electron chi connectivity index (χ3n) is 2.93. The highest BCUT2D eigenvalue weighted by atomic mass is 35.5. The summed E-state index contributed by atoms with van der Waals surface area (Å²) >= 11 is 6.06. The van der Waals surface area contributed by atoms with E-state index in [0.717, 1.165) is 25.8 Å². The van der Waals surface area contributed by atoms with Crippen LogP contribution in [0.15, 0.2) is 6.20 Å². The first-order chi connectivity index (χ1) is 9.06. The van der Waals surface area contributed by atoms with Crippen LogP contribution in [0.1, 0.15) is 36.2 Å². The molecule has 0 radical (unpaired) electrons. The number of rotatable bonds is 9. The standard InChI is InChI=1S/C13H23ClN4O/c1-17(2)8-9-18-13(11(14)10-16-18)12(19)6-4-3-5-7-15/h10H,3-9,15H2,1-2H3. The minimum atomic E-state index is 0.0678. The summed E-state index contributed by atoms with van der Waals surface area (Å²) in [5.74, 6) is 0.0678. The lowest BCUT2D eigenvalue weighted by Crippen LogP contribution is -2.21. The molecule has 0 saturated heterocycles. The summed E-state index contributed by atoms with van der Waals surface area (Å²) in [7, 11) is 3.97. The average Bonchev–Trinajstić information content (AvgIpc) is 2.73. The fourth-order valence-corrected chi connectivity index (χ4v) is 2.08. The van der Waals surface area contributed by atoms with Crippen LogP contribution in [-0.4, -0.2) is 47.6 Å². The molecule has 0 aliphatic rings. The third-order valence-corrected chi connectivity index (χ3v) is 3.20. The van der Waals surface area contributed by atoms with Crippen molar-refractivity contribution in [2.24, 2.45) is 5.73 Å². The van der Waals surface area contributed by atoms with E-state index >= 15 is 0 Å². The Kier molecular flexibility index (Phi) is 7.05. The average molecular weight is 287 g/mol. The van der Waals surface area contributed by atoms with Crippen molar-refractivity contribution in [3.8, 4) is 0 Å². The predicted octanol–water partition coefficient (Wildman–Crippen LogP) is 1.80. The van der Waals surface area contributed by atoms with Crippen LogP contribution in [0.5, 0.6) is 0 Å². The largest absolute Gasteiger partial charge is 0.330 e. The van der Waals surface area contributed by atoms with Gasteiger partial charge >= 0.3 is 0 Å². The minimum absolute atomic E-state index is 0.0678. The maximum Gasteiger partial charge on any atom is 0.182 e. The van der Waals surface area contributed by atoms with Gasteiger partial charge in [0, 0.05) is 13.0 Å². The number of carbonyl (C=O) groups excluding carboxylic acids is 1. The van der Waals surface area contributed by atoms with E-state index in [2.05, 4.69) is 5.10 Å². The molecule has 6 heteroatoms. The van der Waals surface area contributed by atoms with Gasteiger partial charge in [0.05, 0.1) is 17.8 Å². The summed E-state index contributed by atoms with van der Waals surface area (Å²) in [6, 6.07) is 0. The smallest absolute Gasteiger partial charge is 0.182 e. The molecular weight excluding hydrogens is 264 g/mol. The lowest BCUT2D eigenvalue weighted by molar-refractivity contribution is 0.0968. The lowest BCUT2D eigenvalue weighted by atomic mass is 10.1. The Labute approximate surface area is 119 Å². The number of aromatic nitrogens is 2. The second kappa shape index (κ2) is 8.30. The second-order valence-corrected chi connectivity index (χ2v) is 5.30. The van der Waals surface area contributed by atoms with Gasteiger partial charge in [-0.05, 0) is 33.5 Å².